The quantitative estimate of drug-likeness (QED) is 0.833. The zero-order valence-corrected chi connectivity index (χ0v) is 15.8. The molecular formula is C19H21N3O4S. The molecule has 2 amide bonds. The van der Waals surface area contributed by atoms with E-state index >= 15 is 0 Å². The molecule has 1 unspecified atom stereocenters. The number of carbonyl (C=O) groups excluding carboxylic acids is 2. The fourth-order valence-corrected chi connectivity index (χ4v) is 4.78. The van der Waals surface area contributed by atoms with Gasteiger partial charge < -0.3 is 10.2 Å². The summed E-state index contributed by atoms with van der Waals surface area (Å²) in [7, 11) is -1.44. The first kappa shape index (κ1) is 19.0. The first-order valence-electron chi connectivity index (χ1n) is 8.60. The first-order chi connectivity index (χ1) is 12.9. The average molecular weight is 387 g/mol. The van der Waals surface area contributed by atoms with Gasteiger partial charge in [-0.25, -0.2) is 8.42 Å². The molecule has 1 fully saturated rings. The molecule has 1 aliphatic heterocycles. The van der Waals surface area contributed by atoms with Gasteiger partial charge in [-0.2, -0.15) is 0 Å². The lowest BCUT2D eigenvalue weighted by Gasteiger charge is -2.23. The van der Waals surface area contributed by atoms with E-state index in [9.17, 15) is 18.0 Å². The summed E-state index contributed by atoms with van der Waals surface area (Å²) in [5.74, 6) is -0.373. The number of sulfone groups is 1. The van der Waals surface area contributed by atoms with E-state index in [2.05, 4.69) is 10.3 Å². The van der Waals surface area contributed by atoms with Gasteiger partial charge in [-0.3, -0.25) is 14.6 Å². The van der Waals surface area contributed by atoms with Crippen molar-refractivity contribution in [1.29, 1.82) is 0 Å². The number of carbonyl (C=O) groups is 2. The van der Waals surface area contributed by atoms with Gasteiger partial charge in [-0.05, 0) is 42.3 Å². The van der Waals surface area contributed by atoms with Crippen molar-refractivity contribution in [2.45, 2.75) is 19.0 Å². The van der Waals surface area contributed by atoms with Crippen molar-refractivity contribution in [2.75, 3.05) is 18.6 Å². The fourth-order valence-electron chi connectivity index (χ4n) is 3.00. The first-order valence-corrected chi connectivity index (χ1v) is 10.4. The molecule has 3 rings (SSSR count). The third-order valence-corrected chi connectivity index (χ3v) is 6.40. The van der Waals surface area contributed by atoms with Crippen molar-refractivity contribution in [3.8, 4) is 0 Å². The van der Waals surface area contributed by atoms with Gasteiger partial charge in [-0.1, -0.05) is 6.07 Å². The third kappa shape index (κ3) is 4.71. The maximum Gasteiger partial charge on any atom is 0.253 e. The molecule has 1 aliphatic rings. The molecule has 27 heavy (non-hydrogen) atoms. The minimum Gasteiger partial charge on any atom is -0.348 e. The molecule has 1 aromatic carbocycles. The zero-order chi connectivity index (χ0) is 19.4. The van der Waals surface area contributed by atoms with Gasteiger partial charge in [0, 0.05) is 43.2 Å². The summed E-state index contributed by atoms with van der Waals surface area (Å²) >= 11 is 0. The highest BCUT2D eigenvalue weighted by Crippen LogP contribution is 2.18. The Morgan fingerprint density at radius 3 is 2.48 bits per heavy atom. The highest BCUT2D eigenvalue weighted by Gasteiger charge is 2.33. The largest absolute Gasteiger partial charge is 0.348 e. The second kappa shape index (κ2) is 7.87. The van der Waals surface area contributed by atoms with Crippen LogP contribution in [0.3, 0.4) is 0 Å². The van der Waals surface area contributed by atoms with E-state index in [-0.39, 0.29) is 29.4 Å². The number of pyridine rings is 1. The van der Waals surface area contributed by atoms with E-state index in [4.69, 9.17) is 0 Å². The third-order valence-electron chi connectivity index (χ3n) is 4.65. The summed E-state index contributed by atoms with van der Waals surface area (Å²) < 4.78 is 23.2. The highest BCUT2D eigenvalue weighted by atomic mass is 32.2. The smallest absolute Gasteiger partial charge is 0.253 e. The highest BCUT2D eigenvalue weighted by molar-refractivity contribution is 7.91. The van der Waals surface area contributed by atoms with Gasteiger partial charge in [0.25, 0.3) is 11.8 Å². The van der Waals surface area contributed by atoms with Gasteiger partial charge in [0.2, 0.25) is 0 Å². The van der Waals surface area contributed by atoms with Crippen molar-refractivity contribution >= 4 is 21.7 Å². The van der Waals surface area contributed by atoms with Crippen molar-refractivity contribution in [3.05, 3.63) is 65.5 Å². The topological polar surface area (TPSA) is 96.4 Å². The fraction of sp³-hybridized carbons (Fsp3) is 0.316. The molecule has 7 nitrogen and oxygen atoms in total. The van der Waals surface area contributed by atoms with Crippen molar-refractivity contribution < 1.29 is 18.0 Å². The summed E-state index contributed by atoms with van der Waals surface area (Å²) in [4.78, 5) is 30.2. The van der Waals surface area contributed by atoms with Crippen LogP contribution in [0.5, 0.6) is 0 Å². The van der Waals surface area contributed by atoms with E-state index in [0.29, 0.717) is 24.1 Å². The lowest BCUT2D eigenvalue weighted by molar-refractivity contribution is 0.0747. The molecule has 0 spiro atoms. The average Bonchev–Trinajstić information content (AvgIpc) is 3.05. The molecule has 0 radical (unpaired) electrons. The predicted molar refractivity (Wildman–Crippen MR) is 101 cm³/mol. The molecule has 1 aromatic heterocycles. The van der Waals surface area contributed by atoms with Crippen LogP contribution in [-0.4, -0.2) is 54.7 Å². The van der Waals surface area contributed by atoms with E-state index < -0.39 is 9.84 Å². The summed E-state index contributed by atoms with van der Waals surface area (Å²) in [6.07, 6.45) is 3.81. The Hall–Kier alpha value is -2.74. The van der Waals surface area contributed by atoms with Gasteiger partial charge in [0.1, 0.15) is 0 Å². The molecule has 0 saturated carbocycles. The molecule has 2 aromatic rings. The van der Waals surface area contributed by atoms with Crippen molar-refractivity contribution in [2.24, 2.45) is 0 Å². The lowest BCUT2D eigenvalue weighted by Crippen LogP contribution is -2.37. The van der Waals surface area contributed by atoms with Crippen LogP contribution in [-0.2, 0) is 16.4 Å². The normalized spacial score (nSPS) is 18.0. The maximum absolute atomic E-state index is 12.6. The van der Waals surface area contributed by atoms with Gasteiger partial charge in [0.15, 0.2) is 9.84 Å². The number of nitrogens with one attached hydrogen (secondary N) is 1. The number of hydrogen-bond donors (Lipinski definition) is 1. The van der Waals surface area contributed by atoms with E-state index in [0.717, 1.165) is 5.56 Å². The Labute approximate surface area is 158 Å². The second-order valence-electron chi connectivity index (χ2n) is 6.59. The molecule has 1 atom stereocenters. The van der Waals surface area contributed by atoms with Gasteiger partial charge in [0.05, 0.1) is 11.5 Å². The van der Waals surface area contributed by atoms with Crippen LogP contribution in [0.15, 0.2) is 48.8 Å². The number of aromatic nitrogens is 1. The van der Waals surface area contributed by atoms with Gasteiger partial charge in [-0.15, -0.1) is 0 Å². The minimum absolute atomic E-state index is 0.00404. The standard InChI is InChI=1S/C19H21N3O4S/c1-22(17-8-10-27(25,26)13-17)19(24)16-6-4-15(5-7-16)18(23)21-12-14-3-2-9-20-11-14/h2-7,9,11,17H,8,10,12-13H2,1H3,(H,21,23). The molecule has 142 valence electrons. The van der Waals surface area contributed by atoms with E-state index in [1.165, 1.54) is 4.90 Å². The Morgan fingerprint density at radius 1 is 1.19 bits per heavy atom. The van der Waals surface area contributed by atoms with Crippen molar-refractivity contribution in [1.82, 2.24) is 15.2 Å². The summed E-state index contributed by atoms with van der Waals surface area (Å²) in [6, 6.07) is 9.71. The Morgan fingerprint density at radius 2 is 1.89 bits per heavy atom. The van der Waals surface area contributed by atoms with Crippen LogP contribution in [0, 0.1) is 0 Å². The minimum atomic E-state index is -3.05. The summed E-state index contributed by atoms with van der Waals surface area (Å²) in [5.41, 5.74) is 1.76. The number of hydrogen-bond acceptors (Lipinski definition) is 5. The molecule has 1 saturated heterocycles. The van der Waals surface area contributed by atoms with Crippen LogP contribution in [0.4, 0.5) is 0 Å². The van der Waals surface area contributed by atoms with Gasteiger partial charge >= 0.3 is 0 Å². The number of nitrogens with zero attached hydrogens (tertiary/aromatic N) is 2. The van der Waals surface area contributed by atoms with E-state index in [1.54, 1.807) is 49.8 Å². The molecular weight excluding hydrogens is 366 g/mol. The molecule has 1 N–H and O–H groups in total. The monoisotopic (exact) mass is 387 g/mol. The lowest BCUT2D eigenvalue weighted by atomic mass is 10.1. The molecule has 8 heteroatoms. The maximum atomic E-state index is 12.6. The van der Waals surface area contributed by atoms with Crippen LogP contribution in [0.1, 0.15) is 32.7 Å². The van der Waals surface area contributed by atoms with Crippen molar-refractivity contribution in [3.63, 3.8) is 0 Å². The van der Waals surface area contributed by atoms with E-state index in [1.807, 2.05) is 6.07 Å². The Balaban J connectivity index is 1.60. The van der Waals surface area contributed by atoms with Crippen LogP contribution in [0.25, 0.3) is 0 Å². The summed E-state index contributed by atoms with van der Waals surface area (Å²) in [5, 5.41) is 2.80. The number of benzene rings is 1. The number of amides is 2. The Kier molecular flexibility index (Phi) is 5.55. The summed E-state index contributed by atoms with van der Waals surface area (Å²) in [6.45, 7) is 0.367. The SMILES string of the molecule is CN(C(=O)c1ccc(C(=O)NCc2cccnc2)cc1)C1CCS(=O)(=O)C1. The number of rotatable bonds is 5. The molecule has 0 bridgehead atoms. The predicted octanol–water partition coefficient (Wildman–Crippen LogP) is 1.27. The second-order valence-corrected chi connectivity index (χ2v) is 8.82. The molecule has 2 heterocycles. The van der Waals surface area contributed by atoms with Crippen LogP contribution < -0.4 is 5.32 Å². The Bertz CT molecular complexity index is 927. The van der Waals surface area contributed by atoms with Crippen LogP contribution >= 0.6 is 0 Å². The van der Waals surface area contributed by atoms with Crippen LogP contribution in [0.2, 0.25) is 0 Å². The molecule has 0 aliphatic carbocycles. The zero-order valence-electron chi connectivity index (χ0n) is 15.0.